The van der Waals surface area contributed by atoms with Gasteiger partial charge < -0.3 is 9.47 Å². The van der Waals surface area contributed by atoms with E-state index in [0.29, 0.717) is 6.42 Å². The summed E-state index contributed by atoms with van der Waals surface area (Å²) in [4.78, 5) is 11.1. The monoisotopic (exact) mass is 316 g/mol. The number of hydrogen-bond donors (Lipinski definition) is 0. The number of unbranched alkanes of at least 4 members (excludes halogenated alkanes) is 3. The van der Waals surface area contributed by atoms with Crippen LogP contribution in [0.3, 0.4) is 0 Å². The summed E-state index contributed by atoms with van der Waals surface area (Å²) < 4.78 is 9.85. The first-order chi connectivity index (χ1) is 11.2. The summed E-state index contributed by atoms with van der Waals surface area (Å²) in [5, 5.41) is 0. The van der Waals surface area contributed by atoms with Crippen LogP contribution in [-0.4, -0.2) is 20.2 Å². The molecule has 1 rings (SSSR count). The molecule has 0 spiro atoms. The van der Waals surface area contributed by atoms with Crippen LogP contribution in [0.15, 0.2) is 42.5 Å². The molecule has 3 heteroatoms. The Morgan fingerprint density at radius 2 is 1.83 bits per heavy atom. The lowest BCUT2D eigenvalue weighted by Crippen LogP contribution is -1.96. The van der Waals surface area contributed by atoms with Gasteiger partial charge in [-0.15, -0.1) is 0 Å². The quantitative estimate of drug-likeness (QED) is 0.339. The van der Waals surface area contributed by atoms with Gasteiger partial charge in [0, 0.05) is 0 Å². The van der Waals surface area contributed by atoms with E-state index in [9.17, 15) is 4.79 Å². The first-order valence-electron chi connectivity index (χ1n) is 8.28. The van der Waals surface area contributed by atoms with Crippen molar-refractivity contribution < 1.29 is 14.3 Å². The number of hydrogen-bond acceptors (Lipinski definition) is 3. The average Bonchev–Trinajstić information content (AvgIpc) is 2.60. The summed E-state index contributed by atoms with van der Waals surface area (Å²) in [5.74, 6) is 0.643. The zero-order chi connectivity index (χ0) is 16.9. The molecule has 0 N–H and O–H groups in total. The first kappa shape index (κ1) is 19.0. The molecule has 0 aromatic heterocycles. The smallest absolute Gasteiger partial charge is 0.309 e. The Kier molecular flexibility index (Phi) is 9.53. The van der Waals surface area contributed by atoms with Gasteiger partial charge in [0.15, 0.2) is 0 Å². The lowest BCUT2D eigenvalue weighted by molar-refractivity contribution is -0.139. The summed E-state index contributed by atoms with van der Waals surface area (Å²) >= 11 is 0. The highest BCUT2D eigenvalue weighted by Crippen LogP contribution is 2.24. The summed E-state index contributed by atoms with van der Waals surface area (Å²) in [6.45, 7) is 2.22. The number of benzene rings is 1. The Labute approximate surface area is 140 Å². The zero-order valence-electron chi connectivity index (χ0n) is 14.5. The molecule has 0 fully saturated rings. The van der Waals surface area contributed by atoms with E-state index in [1.165, 1.54) is 43.9 Å². The molecule has 0 aliphatic rings. The number of carbonyl (C=O) groups excluding carboxylic acids is 1. The van der Waals surface area contributed by atoms with Crippen molar-refractivity contribution in [1.29, 1.82) is 0 Å². The Hall–Kier alpha value is -2.03. The zero-order valence-corrected chi connectivity index (χ0v) is 14.5. The van der Waals surface area contributed by atoms with Gasteiger partial charge in [-0.3, -0.25) is 4.79 Å². The third kappa shape index (κ3) is 7.68. The number of esters is 1. The van der Waals surface area contributed by atoms with Crippen molar-refractivity contribution in [1.82, 2.24) is 0 Å². The lowest BCUT2D eigenvalue weighted by atomic mass is 9.98. The molecule has 0 unspecified atom stereocenters. The van der Waals surface area contributed by atoms with Gasteiger partial charge >= 0.3 is 5.97 Å². The molecule has 0 heterocycles. The van der Waals surface area contributed by atoms with Gasteiger partial charge in [0.25, 0.3) is 0 Å². The van der Waals surface area contributed by atoms with Gasteiger partial charge in [-0.2, -0.15) is 0 Å². The van der Waals surface area contributed by atoms with Crippen LogP contribution >= 0.6 is 0 Å². The maximum absolute atomic E-state index is 11.1. The minimum Gasteiger partial charge on any atom is -0.497 e. The van der Waals surface area contributed by atoms with Crippen molar-refractivity contribution >= 4 is 11.5 Å². The lowest BCUT2D eigenvalue weighted by Gasteiger charge is -2.08. The van der Waals surface area contributed by atoms with Crippen molar-refractivity contribution in [2.24, 2.45) is 0 Å². The number of carbonyl (C=O) groups is 1. The highest BCUT2D eigenvalue weighted by molar-refractivity contribution is 5.71. The summed E-state index contributed by atoms with van der Waals surface area (Å²) in [5.41, 5.74) is 2.48. The van der Waals surface area contributed by atoms with Crippen LogP contribution in [0.25, 0.3) is 5.57 Å². The van der Waals surface area contributed by atoms with E-state index >= 15 is 0 Å². The maximum atomic E-state index is 11.1. The number of methoxy groups -OCH3 is 2. The van der Waals surface area contributed by atoms with Crippen LogP contribution in [0.4, 0.5) is 0 Å². The molecule has 3 nitrogen and oxygen atoms in total. The van der Waals surface area contributed by atoms with Crippen molar-refractivity contribution in [3.05, 3.63) is 48.1 Å². The van der Waals surface area contributed by atoms with Crippen LogP contribution in [0.5, 0.6) is 5.75 Å². The molecular formula is C20H28O3. The second kappa shape index (κ2) is 11.5. The van der Waals surface area contributed by atoms with Crippen LogP contribution in [0, 0.1) is 0 Å². The van der Waals surface area contributed by atoms with Crippen molar-refractivity contribution in [3.63, 3.8) is 0 Å². The summed E-state index contributed by atoms with van der Waals surface area (Å²) in [6, 6.07) is 8.12. The fraction of sp³-hybridized carbons (Fsp3) is 0.450. The molecule has 0 aliphatic carbocycles. The predicted molar refractivity (Wildman–Crippen MR) is 95.5 cm³/mol. The molecule has 0 atom stereocenters. The molecular weight excluding hydrogens is 288 g/mol. The SMILES string of the molecule is CCCCCC/C(=C\C=C\CC(=O)OC)c1ccc(OC)cc1. The van der Waals surface area contributed by atoms with Crippen LogP contribution in [0.2, 0.25) is 0 Å². The Morgan fingerprint density at radius 1 is 1.09 bits per heavy atom. The molecule has 0 radical (unpaired) electrons. The normalized spacial score (nSPS) is 11.7. The summed E-state index contributed by atoms with van der Waals surface area (Å²) in [6.07, 6.45) is 12.1. The fourth-order valence-electron chi connectivity index (χ4n) is 2.30. The fourth-order valence-corrected chi connectivity index (χ4v) is 2.30. The van der Waals surface area contributed by atoms with Gasteiger partial charge in [0.2, 0.25) is 0 Å². The molecule has 126 valence electrons. The molecule has 1 aromatic carbocycles. The Balaban J connectivity index is 2.76. The maximum Gasteiger partial charge on any atom is 0.309 e. The summed E-state index contributed by atoms with van der Waals surface area (Å²) in [7, 11) is 3.08. The van der Waals surface area contributed by atoms with E-state index in [-0.39, 0.29) is 5.97 Å². The second-order valence-corrected chi connectivity index (χ2v) is 5.44. The Bertz CT molecular complexity index is 512. The van der Waals surface area contributed by atoms with E-state index in [4.69, 9.17) is 4.74 Å². The number of rotatable bonds is 10. The van der Waals surface area contributed by atoms with E-state index < -0.39 is 0 Å². The molecule has 23 heavy (non-hydrogen) atoms. The van der Waals surface area contributed by atoms with E-state index in [2.05, 4.69) is 29.9 Å². The number of ether oxygens (including phenoxy) is 2. The third-order valence-corrected chi connectivity index (χ3v) is 3.71. The second-order valence-electron chi connectivity index (χ2n) is 5.44. The van der Waals surface area contributed by atoms with E-state index in [1.807, 2.05) is 24.3 Å². The molecule has 1 aromatic rings. The molecule has 0 bridgehead atoms. The van der Waals surface area contributed by atoms with E-state index in [0.717, 1.165) is 12.2 Å². The van der Waals surface area contributed by atoms with Gasteiger partial charge in [0.05, 0.1) is 20.6 Å². The number of allylic oxidation sites excluding steroid dienone is 3. The molecule has 0 saturated heterocycles. The highest BCUT2D eigenvalue weighted by atomic mass is 16.5. The standard InChI is InChI=1S/C20H28O3/c1-4-5-6-7-10-17(11-8-9-12-20(21)23-3)18-13-15-19(22-2)16-14-18/h8-9,11,13-16H,4-7,10,12H2,1-3H3/b9-8+,17-11+. The topological polar surface area (TPSA) is 35.5 Å². The molecule has 0 aliphatic heterocycles. The average molecular weight is 316 g/mol. The molecule has 0 amide bonds. The van der Waals surface area contributed by atoms with Gasteiger partial charge in [-0.1, -0.05) is 56.5 Å². The minimum atomic E-state index is -0.219. The minimum absolute atomic E-state index is 0.219. The Morgan fingerprint density at radius 3 is 2.43 bits per heavy atom. The van der Waals surface area contributed by atoms with Crippen molar-refractivity contribution in [2.75, 3.05) is 14.2 Å². The van der Waals surface area contributed by atoms with Crippen molar-refractivity contribution in [3.8, 4) is 5.75 Å². The van der Waals surface area contributed by atoms with Gasteiger partial charge in [-0.25, -0.2) is 0 Å². The highest BCUT2D eigenvalue weighted by Gasteiger charge is 2.02. The predicted octanol–water partition coefficient (Wildman–Crippen LogP) is 5.17. The van der Waals surface area contributed by atoms with Gasteiger partial charge in [-0.05, 0) is 36.1 Å². The largest absolute Gasteiger partial charge is 0.497 e. The third-order valence-electron chi connectivity index (χ3n) is 3.71. The van der Waals surface area contributed by atoms with Crippen molar-refractivity contribution in [2.45, 2.75) is 45.4 Å². The van der Waals surface area contributed by atoms with Crippen LogP contribution < -0.4 is 4.74 Å². The van der Waals surface area contributed by atoms with Gasteiger partial charge in [0.1, 0.15) is 5.75 Å². The van der Waals surface area contributed by atoms with Crippen LogP contribution in [-0.2, 0) is 9.53 Å². The van der Waals surface area contributed by atoms with Crippen LogP contribution in [0.1, 0.15) is 51.0 Å². The van der Waals surface area contributed by atoms with E-state index in [1.54, 1.807) is 7.11 Å². The first-order valence-corrected chi connectivity index (χ1v) is 8.28. The molecule has 0 saturated carbocycles.